The van der Waals surface area contributed by atoms with Crippen LogP contribution >= 0.6 is 11.8 Å². The van der Waals surface area contributed by atoms with E-state index in [0.29, 0.717) is 17.9 Å². The molecule has 1 aromatic heterocycles. The van der Waals surface area contributed by atoms with Gasteiger partial charge in [-0.25, -0.2) is 4.79 Å². The second kappa shape index (κ2) is 10.1. The number of benzene rings is 3. The predicted octanol–water partition coefficient (Wildman–Crippen LogP) is 4.45. The molecule has 0 aliphatic carbocycles. The number of hydrogen-bond donors (Lipinski definition) is 2. The van der Waals surface area contributed by atoms with Gasteiger partial charge in [-0.3, -0.25) is 0 Å². The van der Waals surface area contributed by atoms with Gasteiger partial charge in [0.15, 0.2) is 0 Å². The predicted molar refractivity (Wildman–Crippen MR) is 133 cm³/mol. The van der Waals surface area contributed by atoms with Crippen molar-refractivity contribution in [3.8, 4) is 11.4 Å². The van der Waals surface area contributed by atoms with Gasteiger partial charge < -0.3 is 19.3 Å². The Morgan fingerprint density at radius 2 is 1.67 bits per heavy atom. The first-order chi connectivity index (χ1) is 16.0. The zero-order valence-corrected chi connectivity index (χ0v) is 20.0. The molecule has 6 heteroatoms. The average Bonchev–Trinajstić information content (AvgIpc) is 3.15. The molecule has 0 radical (unpaired) electrons. The molecule has 0 unspecified atom stereocenters. The number of nitrogens with zero attached hydrogens (tertiary/aromatic N) is 1. The van der Waals surface area contributed by atoms with E-state index < -0.39 is 0 Å². The summed E-state index contributed by atoms with van der Waals surface area (Å²) in [5.74, 6) is 0.416. The van der Waals surface area contributed by atoms with Gasteiger partial charge in [-0.1, -0.05) is 36.4 Å². The maximum Gasteiger partial charge on any atom is 0.340 e. The molecule has 5 nitrogen and oxygen atoms in total. The quantitative estimate of drug-likeness (QED) is 0.301. The van der Waals surface area contributed by atoms with Crippen molar-refractivity contribution in [1.29, 1.82) is 0 Å². The third-order valence-electron chi connectivity index (χ3n) is 5.46. The molecule has 4 rings (SSSR count). The molecule has 0 atom stereocenters. The van der Waals surface area contributed by atoms with Crippen molar-refractivity contribution in [2.24, 2.45) is 0 Å². The first-order valence-electron chi connectivity index (χ1n) is 11.1. The highest BCUT2D eigenvalue weighted by molar-refractivity contribution is 7.98. The van der Waals surface area contributed by atoms with Crippen molar-refractivity contribution in [1.82, 2.24) is 4.57 Å². The summed E-state index contributed by atoms with van der Waals surface area (Å²) in [5, 5.41) is 11.6. The molecular weight excluding hydrogens is 432 g/mol. The molecule has 0 bridgehead atoms. The van der Waals surface area contributed by atoms with Crippen LogP contribution in [-0.2, 0) is 17.0 Å². The number of nitrogens with one attached hydrogen (secondary N) is 1. The van der Waals surface area contributed by atoms with E-state index in [2.05, 4.69) is 16.7 Å². The Morgan fingerprint density at radius 1 is 1.00 bits per heavy atom. The summed E-state index contributed by atoms with van der Waals surface area (Å²) in [7, 11) is 4.06. The fraction of sp³-hybridized carbons (Fsp3) is 0.222. The molecule has 1 heterocycles. The minimum atomic E-state index is -0.360. The zero-order valence-electron chi connectivity index (χ0n) is 19.2. The molecule has 4 aromatic rings. The van der Waals surface area contributed by atoms with Crippen molar-refractivity contribution in [3.63, 3.8) is 0 Å². The fourth-order valence-corrected chi connectivity index (χ4v) is 5.05. The van der Waals surface area contributed by atoms with Crippen LogP contribution in [0.2, 0.25) is 0 Å². The summed E-state index contributed by atoms with van der Waals surface area (Å²) >= 11 is 1.67. The molecule has 0 saturated carbocycles. The summed E-state index contributed by atoms with van der Waals surface area (Å²) < 4.78 is 7.66. The number of para-hydroxylation sites is 1. The number of thioether (sulfide) groups is 1. The van der Waals surface area contributed by atoms with E-state index in [9.17, 15) is 9.90 Å². The smallest absolute Gasteiger partial charge is 0.340 e. The SMILES string of the molecule is CCOC(=O)c1c(CSc2ccccc2)n(-c2ccccc2)c2ccc(O)c(C[NH+](C)C)c12. The van der Waals surface area contributed by atoms with E-state index in [1.165, 1.54) is 0 Å². The Balaban J connectivity index is 2.02. The Kier molecular flexibility index (Phi) is 7.06. The highest BCUT2D eigenvalue weighted by atomic mass is 32.2. The summed E-state index contributed by atoms with van der Waals surface area (Å²) in [6.07, 6.45) is 0. The van der Waals surface area contributed by atoms with Crippen LogP contribution in [-0.4, -0.2) is 36.3 Å². The van der Waals surface area contributed by atoms with Gasteiger partial charge in [0.2, 0.25) is 0 Å². The fourth-order valence-electron chi connectivity index (χ4n) is 4.12. The van der Waals surface area contributed by atoms with Crippen LogP contribution in [0.15, 0.2) is 77.7 Å². The Morgan fingerprint density at radius 3 is 2.30 bits per heavy atom. The van der Waals surface area contributed by atoms with Crippen LogP contribution < -0.4 is 4.90 Å². The lowest BCUT2D eigenvalue weighted by Crippen LogP contribution is -3.04. The van der Waals surface area contributed by atoms with Crippen LogP contribution in [0.25, 0.3) is 16.6 Å². The van der Waals surface area contributed by atoms with Gasteiger partial charge in [0, 0.05) is 27.4 Å². The van der Waals surface area contributed by atoms with Gasteiger partial charge in [0.1, 0.15) is 12.3 Å². The lowest BCUT2D eigenvalue weighted by molar-refractivity contribution is -0.872. The number of aromatic hydroxyl groups is 1. The number of esters is 1. The van der Waals surface area contributed by atoms with Gasteiger partial charge in [0.05, 0.1) is 37.3 Å². The third kappa shape index (κ3) is 4.77. The molecule has 33 heavy (non-hydrogen) atoms. The van der Waals surface area contributed by atoms with Crippen LogP contribution in [0.3, 0.4) is 0 Å². The van der Waals surface area contributed by atoms with E-state index in [1.807, 2.05) is 75.6 Å². The second-order valence-electron chi connectivity index (χ2n) is 8.16. The number of rotatable bonds is 8. The molecule has 0 aliphatic rings. The standard InChI is InChI=1S/C27H28N2O3S/c1-4-32-27(31)26-23(18-33-20-13-9-6-10-14-20)29(19-11-7-5-8-12-19)22-15-16-24(30)21(25(22)26)17-28(2)3/h5-16,30H,4,17-18H2,1-3H3/p+1. The molecule has 0 aliphatic heterocycles. The van der Waals surface area contributed by atoms with Crippen LogP contribution in [0.4, 0.5) is 0 Å². The minimum absolute atomic E-state index is 0.196. The number of aromatic nitrogens is 1. The normalized spacial score (nSPS) is 11.3. The van der Waals surface area contributed by atoms with E-state index in [4.69, 9.17) is 4.74 Å². The number of phenols is 1. The first kappa shape index (κ1) is 23.0. The van der Waals surface area contributed by atoms with E-state index in [1.54, 1.807) is 17.8 Å². The Labute approximate surface area is 198 Å². The topological polar surface area (TPSA) is 55.9 Å². The highest BCUT2D eigenvalue weighted by Gasteiger charge is 2.28. The molecule has 2 N–H and O–H groups in total. The lowest BCUT2D eigenvalue weighted by Gasteiger charge is -2.12. The summed E-state index contributed by atoms with van der Waals surface area (Å²) in [5.41, 5.74) is 4.02. The lowest BCUT2D eigenvalue weighted by atomic mass is 10.0. The van der Waals surface area contributed by atoms with E-state index in [-0.39, 0.29) is 18.3 Å². The number of hydrogen-bond acceptors (Lipinski definition) is 4. The van der Waals surface area contributed by atoms with Crippen LogP contribution in [0.5, 0.6) is 5.75 Å². The zero-order chi connectivity index (χ0) is 23.4. The van der Waals surface area contributed by atoms with Crippen LogP contribution in [0.1, 0.15) is 28.5 Å². The van der Waals surface area contributed by atoms with E-state index >= 15 is 0 Å². The molecular formula is C27H29N2O3S+. The van der Waals surface area contributed by atoms with Crippen molar-refractivity contribution >= 4 is 28.6 Å². The second-order valence-corrected chi connectivity index (χ2v) is 9.20. The largest absolute Gasteiger partial charge is 0.507 e. The van der Waals surface area contributed by atoms with Gasteiger partial charge in [-0.15, -0.1) is 11.8 Å². The molecule has 0 amide bonds. The summed E-state index contributed by atoms with van der Waals surface area (Å²) in [6.45, 7) is 2.68. The highest BCUT2D eigenvalue weighted by Crippen LogP contribution is 2.38. The first-order valence-corrected chi connectivity index (χ1v) is 12.1. The van der Waals surface area contributed by atoms with Gasteiger partial charge in [0.25, 0.3) is 0 Å². The Bertz CT molecular complexity index is 1250. The van der Waals surface area contributed by atoms with Crippen LogP contribution in [0, 0.1) is 0 Å². The monoisotopic (exact) mass is 461 g/mol. The number of ether oxygens (including phenoxy) is 1. The Hall–Kier alpha value is -3.22. The number of fused-ring (bicyclic) bond motifs is 1. The number of carbonyl (C=O) groups excluding carboxylic acids is 1. The molecule has 0 spiro atoms. The number of carbonyl (C=O) groups is 1. The van der Waals surface area contributed by atoms with Crippen molar-refractivity contribution in [2.75, 3.05) is 20.7 Å². The number of phenolic OH excluding ortho intramolecular Hbond substituents is 1. The minimum Gasteiger partial charge on any atom is -0.507 e. The van der Waals surface area contributed by atoms with Crippen molar-refractivity contribution in [2.45, 2.75) is 24.1 Å². The molecule has 170 valence electrons. The molecule has 0 saturated heterocycles. The average molecular weight is 462 g/mol. The van der Waals surface area contributed by atoms with Crippen molar-refractivity contribution in [3.05, 3.63) is 89.6 Å². The third-order valence-corrected chi connectivity index (χ3v) is 6.48. The molecule has 0 fully saturated rings. The van der Waals surface area contributed by atoms with E-state index in [0.717, 1.165) is 37.6 Å². The summed E-state index contributed by atoms with van der Waals surface area (Å²) in [4.78, 5) is 15.6. The maximum absolute atomic E-state index is 13.4. The summed E-state index contributed by atoms with van der Waals surface area (Å²) in [6, 6.07) is 23.8. The number of quaternary nitrogens is 1. The maximum atomic E-state index is 13.4. The van der Waals surface area contributed by atoms with Gasteiger partial charge in [-0.2, -0.15) is 0 Å². The molecule has 3 aromatic carbocycles. The van der Waals surface area contributed by atoms with Gasteiger partial charge in [-0.05, 0) is 43.3 Å². The van der Waals surface area contributed by atoms with Gasteiger partial charge >= 0.3 is 5.97 Å². The van der Waals surface area contributed by atoms with Crippen molar-refractivity contribution < 1.29 is 19.5 Å².